The first-order valence-corrected chi connectivity index (χ1v) is 8.28. The van der Waals surface area contributed by atoms with Gasteiger partial charge in [-0.2, -0.15) is 13.5 Å². The van der Waals surface area contributed by atoms with Gasteiger partial charge in [0, 0.05) is 11.6 Å². The minimum atomic E-state index is -3.84. The van der Waals surface area contributed by atoms with E-state index in [1.54, 1.807) is 13.0 Å². The van der Waals surface area contributed by atoms with Crippen molar-refractivity contribution in [3.05, 3.63) is 63.2 Å². The van der Waals surface area contributed by atoms with E-state index in [9.17, 15) is 23.6 Å². The summed E-state index contributed by atoms with van der Waals surface area (Å²) >= 11 is 0. The van der Waals surface area contributed by atoms with Crippen LogP contribution in [0.25, 0.3) is 0 Å². The molecular weight excluding hydrogens is 334 g/mol. The summed E-state index contributed by atoms with van der Waals surface area (Å²) in [6.45, 7) is 3.67. The number of benzene rings is 2. The van der Waals surface area contributed by atoms with Crippen LogP contribution in [-0.2, 0) is 10.0 Å². The van der Waals surface area contributed by atoms with E-state index in [1.165, 1.54) is 18.2 Å². The minimum absolute atomic E-state index is 0.0689. The first-order chi connectivity index (χ1) is 11.2. The Morgan fingerprint density at radius 2 is 1.88 bits per heavy atom. The molecule has 0 aromatic heterocycles. The number of sulfonamides is 1. The second-order valence-corrected chi connectivity index (χ2v) is 6.77. The molecule has 0 saturated carbocycles. The van der Waals surface area contributed by atoms with E-state index in [2.05, 4.69) is 5.10 Å². The normalized spacial score (nSPS) is 11.6. The van der Waals surface area contributed by atoms with Crippen LogP contribution >= 0.6 is 0 Å². The number of hydrazone groups is 1. The van der Waals surface area contributed by atoms with Gasteiger partial charge in [0.05, 0.1) is 16.0 Å². The van der Waals surface area contributed by atoms with Gasteiger partial charge in [-0.15, -0.1) is 0 Å². The van der Waals surface area contributed by atoms with Crippen molar-refractivity contribution in [2.45, 2.75) is 18.7 Å². The number of phenolic OH excluding ortho intramolecular Hbond substituents is 1. The molecule has 0 heterocycles. The van der Waals surface area contributed by atoms with Gasteiger partial charge < -0.3 is 5.11 Å². The lowest BCUT2D eigenvalue weighted by Gasteiger charge is -2.06. The van der Waals surface area contributed by atoms with Crippen molar-refractivity contribution < 1.29 is 18.4 Å². The van der Waals surface area contributed by atoms with Crippen LogP contribution in [0.15, 0.2) is 46.4 Å². The quantitative estimate of drug-likeness (QED) is 0.487. The summed E-state index contributed by atoms with van der Waals surface area (Å²) in [5.41, 5.74) is 1.57. The van der Waals surface area contributed by atoms with Crippen molar-refractivity contribution >= 4 is 21.9 Å². The predicted molar refractivity (Wildman–Crippen MR) is 88.6 cm³/mol. The molecule has 0 spiro atoms. The number of aryl methyl sites for hydroxylation is 2. The Hall–Kier alpha value is -2.94. The summed E-state index contributed by atoms with van der Waals surface area (Å²) in [5, 5.41) is 23.7. The van der Waals surface area contributed by atoms with E-state index in [0.717, 1.165) is 29.5 Å². The van der Waals surface area contributed by atoms with Crippen molar-refractivity contribution in [2.24, 2.45) is 5.10 Å². The lowest BCUT2D eigenvalue weighted by atomic mass is 10.1. The highest BCUT2D eigenvalue weighted by molar-refractivity contribution is 7.89. The topological polar surface area (TPSA) is 122 Å². The predicted octanol–water partition coefficient (Wildman–Crippen LogP) is 2.23. The van der Waals surface area contributed by atoms with Gasteiger partial charge in [-0.1, -0.05) is 6.07 Å². The Bertz CT molecular complexity index is 923. The SMILES string of the molecule is Cc1ccc(S(=O)(=O)N/N=C/c2ccc(O)c([N+](=O)[O-])c2)cc1C. The van der Waals surface area contributed by atoms with Crippen LogP contribution in [0.4, 0.5) is 5.69 Å². The zero-order valence-electron chi connectivity index (χ0n) is 12.9. The molecule has 8 nitrogen and oxygen atoms in total. The number of nitro groups is 1. The molecule has 2 aromatic carbocycles. The number of hydrogen-bond acceptors (Lipinski definition) is 6. The number of rotatable bonds is 5. The van der Waals surface area contributed by atoms with E-state index >= 15 is 0 Å². The van der Waals surface area contributed by atoms with Crippen molar-refractivity contribution in [3.63, 3.8) is 0 Å². The zero-order chi connectivity index (χ0) is 17.9. The highest BCUT2D eigenvalue weighted by Gasteiger charge is 2.14. The highest BCUT2D eigenvalue weighted by atomic mass is 32.2. The van der Waals surface area contributed by atoms with Gasteiger partial charge in [0.25, 0.3) is 10.0 Å². The van der Waals surface area contributed by atoms with E-state index in [1.807, 2.05) is 11.8 Å². The van der Waals surface area contributed by atoms with E-state index in [4.69, 9.17) is 0 Å². The largest absolute Gasteiger partial charge is 0.502 e. The maximum atomic E-state index is 12.1. The standard InChI is InChI=1S/C15H15N3O5S/c1-10-3-5-13(7-11(10)2)24(22,23)17-16-9-12-4-6-15(19)14(8-12)18(20)21/h3-9,17,19H,1-2H3/b16-9+. The molecule has 2 aromatic rings. The maximum Gasteiger partial charge on any atom is 0.311 e. The molecule has 0 unspecified atom stereocenters. The Morgan fingerprint density at radius 1 is 1.17 bits per heavy atom. The Kier molecular flexibility index (Phi) is 4.84. The molecule has 2 rings (SSSR count). The Labute approximate surface area is 138 Å². The third-order valence-corrected chi connectivity index (χ3v) is 4.59. The summed E-state index contributed by atoms with van der Waals surface area (Å²) < 4.78 is 24.3. The van der Waals surface area contributed by atoms with Crippen molar-refractivity contribution in [3.8, 4) is 5.75 Å². The smallest absolute Gasteiger partial charge is 0.311 e. The van der Waals surface area contributed by atoms with Crippen molar-refractivity contribution in [2.75, 3.05) is 0 Å². The first kappa shape index (κ1) is 17.4. The number of nitrogens with one attached hydrogen (secondary N) is 1. The number of phenols is 1. The van der Waals surface area contributed by atoms with Gasteiger partial charge in [-0.3, -0.25) is 10.1 Å². The van der Waals surface area contributed by atoms with E-state index in [-0.39, 0.29) is 10.5 Å². The average Bonchev–Trinajstić information content (AvgIpc) is 2.51. The van der Waals surface area contributed by atoms with Crippen molar-refractivity contribution in [1.29, 1.82) is 0 Å². The van der Waals surface area contributed by atoms with Crippen LogP contribution in [0.3, 0.4) is 0 Å². The van der Waals surface area contributed by atoms with Crippen LogP contribution in [0.2, 0.25) is 0 Å². The molecule has 0 aliphatic rings. The monoisotopic (exact) mass is 349 g/mol. The molecule has 24 heavy (non-hydrogen) atoms. The van der Waals surface area contributed by atoms with Gasteiger partial charge in [0.1, 0.15) is 0 Å². The fourth-order valence-corrected chi connectivity index (χ4v) is 2.75. The lowest BCUT2D eigenvalue weighted by Crippen LogP contribution is -2.18. The molecule has 0 aliphatic heterocycles. The van der Waals surface area contributed by atoms with Crippen molar-refractivity contribution in [1.82, 2.24) is 4.83 Å². The van der Waals surface area contributed by atoms with Gasteiger partial charge in [0.15, 0.2) is 5.75 Å². The molecule has 0 atom stereocenters. The second-order valence-electron chi connectivity index (χ2n) is 5.10. The summed E-state index contributed by atoms with van der Waals surface area (Å²) in [6.07, 6.45) is 1.12. The molecule has 0 radical (unpaired) electrons. The summed E-state index contributed by atoms with van der Waals surface area (Å²) in [7, 11) is -3.84. The van der Waals surface area contributed by atoms with Gasteiger partial charge in [-0.05, 0) is 49.2 Å². The Balaban J connectivity index is 2.20. The van der Waals surface area contributed by atoms with E-state index < -0.39 is 26.4 Å². The molecule has 0 fully saturated rings. The van der Waals surface area contributed by atoms with Crippen LogP contribution in [-0.4, -0.2) is 24.7 Å². The Morgan fingerprint density at radius 3 is 2.50 bits per heavy atom. The fraction of sp³-hybridized carbons (Fsp3) is 0.133. The summed E-state index contributed by atoms with van der Waals surface area (Å²) in [4.78, 5) is 12.1. The lowest BCUT2D eigenvalue weighted by molar-refractivity contribution is -0.385. The van der Waals surface area contributed by atoms with Crippen LogP contribution in [0.5, 0.6) is 5.75 Å². The fourth-order valence-electron chi connectivity index (χ4n) is 1.87. The van der Waals surface area contributed by atoms with Gasteiger partial charge in [0.2, 0.25) is 0 Å². The molecule has 0 saturated heterocycles. The summed E-state index contributed by atoms with van der Waals surface area (Å²) in [5.74, 6) is -0.479. The van der Waals surface area contributed by atoms with Crippen LogP contribution in [0, 0.1) is 24.0 Å². The van der Waals surface area contributed by atoms with Gasteiger partial charge in [-0.25, -0.2) is 4.83 Å². The molecule has 0 bridgehead atoms. The number of hydrogen-bond donors (Lipinski definition) is 2. The molecular formula is C15H15N3O5S. The molecule has 126 valence electrons. The average molecular weight is 349 g/mol. The molecule has 2 N–H and O–H groups in total. The maximum absolute atomic E-state index is 12.1. The van der Waals surface area contributed by atoms with Crippen LogP contribution in [0.1, 0.15) is 16.7 Å². The third-order valence-electron chi connectivity index (χ3n) is 3.37. The number of nitrogens with zero attached hydrogens (tertiary/aromatic N) is 2. The van der Waals surface area contributed by atoms with Crippen LogP contribution < -0.4 is 4.83 Å². The number of aromatic hydroxyl groups is 1. The zero-order valence-corrected chi connectivity index (χ0v) is 13.7. The first-order valence-electron chi connectivity index (χ1n) is 6.80. The second kappa shape index (κ2) is 6.67. The van der Waals surface area contributed by atoms with E-state index in [0.29, 0.717) is 0 Å². The third kappa shape index (κ3) is 3.87. The van der Waals surface area contributed by atoms with Gasteiger partial charge >= 0.3 is 5.69 Å². The molecule has 0 amide bonds. The minimum Gasteiger partial charge on any atom is -0.502 e. The molecule has 0 aliphatic carbocycles. The number of nitro benzene ring substituents is 1. The highest BCUT2D eigenvalue weighted by Crippen LogP contribution is 2.25. The molecule has 9 heteroatoms. The summed E-state index contributed by atoms with van der Waals surface area (Å²) in [6, 6.07) is 8.28.